The van der Waals surface area contributed by atoms with Crippen LogP contribution in [-0.2, 0) is 24.3 Å². The zero-order valence-electron chi connectivity index (χ0n) is 25.5. The van der Waals surface area contributed by atoms with Gasteiger partial charge < -0.3 is 19.9 Å². The molecule has 16 heteroatoms. The fourth-order valence-electron chi connectivity index (χ4n) is 6.28. The van der Waals surface area contributed by atoms with Crippen molar-refractivity contribution in [3.63, 3.8) is 0 Å². The second-order valence-corrected chi connectivity index (χ2v) is 12.4. The van der Waals surface area contributed by atoms with Crippen LogP contribution in [0.5, 0.6) is 5.75 Å². The van der Waals surface area contributed by atoms with Crippen LogP contribution in [0, 0.1) is 18.6 Å². The highest BCUT2D eigenvalue weighted by atomic mass is 35.5. The smallest absolute Gasteiger partial charge is 0.390 e. The lowest BCUT2D eigenvalue weighted by molar-refractivity contribution is -0.138. The van der Waals surface area contributed by atoms with Crippen LogP contribution >= 0.6 is 11.6 Å². The quantitative estimate of drug-likeness (QED) is 0.257. The first-order valence-corrected chi connectivity index (χ1v) is 15.4. The molecule has 0 bridgehead atoms. The van der Waals surface area contributed by atoms with Gasteiger partial charge >= 0.3 is 6.18 Å². The van der Waals surface area contributed by atoms with E-state index in [4.69, 9.17) is 11.6 Å². The standard InChI is InChI=1S/C31H31ClF5N7O3/c1-16-10-18(26(33)27(34)28(16)46)19-14-42(29-25(19)30(47)44-6-3-4-22(44)40-29)15-24(45)39-21-11-23(38-12-20(21)32)43-9-8-41(13-17(43)2)7-5-31(35,36)37/h10-12,14,17,46H,3-9,13,15H2,1-2H3,(H,38,39,45)/t17-/m0/s1. The van der Waals surface area contributed by atoms with Gasteiger partial charge in [-0.3, -0.25) is 19.1 Å². The highest BCUT2D eigenvalue weighted by Crippen LogP contribution is 2.36. The molecule has 2 N–H and O–H groups in total. The Morgan fingerprint density at radius 3 is 2.64 bits per heavy atom. The van der Waals surface area contributed by atoms with E-state index in [2.05, 4.69) is 15.3 Å². The molecule has 0 saturated carbocycles. The summed E-state index contributed by atoms with van der Waals surface area (Å²) in [6, 6.07) is 2.65. The number of anilines is 2. The second kappa shape index (κ2) is 12.4. The van der Waals surface area contributed by atoms with Crippen molar-refractivity contribution >= 4 is 40.0 Å². The molecule has 1 amide bonds. The van der Waals surface area contributed by atoms with Crippen LogP contribution in [0.25, 0.3) is 22.2 Å². The van der Waals surface area contributed by atoms with Crippen molar-refractivity contribution in [3.8, 4) is 16.9 Å². The number of benzene rings is 1. The Morgan fingerprint density at radius 1 is 1.15 bits per heavy atom. The number of pyridine rings is 1. The average molecular weight is 680 g/mol. The van der Waals surface area contributed by atoms with E-state index < -0.39 is 41.4 Å². The Morgan fingerprint density at radius 2 is 1.91 bits per heavy atom. The third-order valence-electron chi connectivity index (χ3n) is 8.65. The summed E-state index contributed by atoms with van der Waals surface area (Å²) in [7, 11) is 0. The predicted molar refractivity (Wildman–Crippen MR) is 166 cm³/mol. The van der Waals surface area contributed by atoms with Gasteiger partial charge in [-0.25, -0.2) is 14.4 Å². The molecule has 47 heavy (non-hydrogen) atoms. The van der Waals surface area contributed by atoms with Crippen LogP contribution in [0.1, 0.15) is 31.2 Å². The van der Waals surface area contributed by atoms with Gasteiger partial charge in [0, 0.05) is 68.6 Å². The van der Waals surface area contributed by atoms with Gasteiger partial charge in [-0.05, 0) is 31.9 Å². The number of carbonyl (C=O) groups excluding carboxylic acids is 1. The molecule has 0 aliphatic carbocycles. The van der Waals surface area contributed by atoms with Gasteiger partial charge in [0.05, 0.1) is 28.7 Å². The molecule has 250 valence electrons. The summed E-state index contributed by atoms with van der Waals surface area (Å²) in [6.07, 6.45) is -1.18. The summed E-state index contributed by atoms with van der Waals surface area (Å²) in [6.45, 7) is 4.44. The number of rotatable bonds is 7. The predicted octanol–water partition coefficient (Wildman–Crippen LogP) is 5.25. The molecule has 6 rings (SSSR count). The van der Waals surface area contributed by atoms with E-state index in [9.17, 15) is 32.3 Å². The van der Waals surface area contributed by atoms with E-state index in [0.29, 0.717) is 50.7 Å². The molecule has 1 atom stereocenters. The number of nitrogens with zero attached hydrogens (tertiary/aromatic N) is 6. The van der Waals surface area contributed by atoms with Crippen molar-refractivity contribution in [3.05, 3.63) is 62.9 Å². The molecule has 1 aromatic carbocycles. The summed E-state index contributed by atoms with van der Waals surface area (Å²) < 4.78 is 70.7. The highest BCUT2D eigenvalue weighted by molar-refractivity contribution is 6.33. The number of aryl methyl sites for hydroxylation is 2. The highest BCUT2D eigenvalue weighted by Gasteiger charge is 2.31. The van der Waals surface area contributed by atoms with Crippen LogP contribution in [0.4, 0.5) is 33.5 Å². The third kappa shape index (κ3) is 6.38. The fraction of sp³-hybridized carbons (Fsp3) is 0.419. The van der Waals surface area contributed by atoms with E-state index in [-0.39, 0.29) is 57.6 Å². The topological polar surface area (TPSA) is 109 Å². The normalized spacial score (nSPS) is 17.0. The molecule has 4 aromatic rings. The molecular formula is C31H31ClF5N7O3. The molecule has 5 heterocycles. The number of hydrogen-bond acceptors (Lipinski definition) is 7. The molecule has 1 saturated heterocycles. The number of piperazine rings is 1. The number of aromatic hydroxyl groups is 1. The van der Waals surface area contributed by atoms with E-state index in [1.807, 2.05) is 11.8 Å². The van der Waals surface area contributed by atoms with Crippen molar-refractivity contribution < 1.29 is 31.9 Å². The average Bonchev–Trinajstić information content (AvgIpc) is 3.63. The summed E-state index contributed by atoms with van der Waals surface area (Å²) >= 11 is 6.38. The van der Waals surface area contributed by atoms with Crippen molar-refractivity contribution in [1.82, 2.24) is 24.0 Å². The number of fused-ring (bicyclic) bond motifs is 2. The molecule has 3 aromatic heterocycles. The Hall–Kier alpha value is -4.24. The number of aromatic nitrogens is 4. The van der Waals surface area contributed by atoms with E-state index >= 15 is 4.39 Å². The molecular weight excluding hydrogens is 649 g/mol. The largest absolute Gasteiger partial charge is 0.505 e. The van der Waals surface area contributed by atoms with E-state index in [1.54, 1.807) is 11.0 Å². The summed E-state index contributed by atoms with van der Waals surface area (Å²) in [5.74, 6) is -3.20. The molecule has 0 unspecified atom stereocenters. The molecule has 2 aliphatic rings. The second-order valence-electron chi connectivity index (χ2n) is 12.0. The SMILES string of the molecule is Cc1cc(-c2cn(CC(=O)Nc3cc(N4CCN(CCC(F)(F)F)C[C@@H]4C)ncc3Cl)c3nc4n(c(=O)c23)CCC4)c(F)c(F)c1O. The Balaban J connectivity index is 1.27. The maximum absolute atomic E-state index is 15.2. The van der Waals surface area contributed by atoms with Gasteiger partial charge in [0.1, 0.15) is 23.8 Å². The maximum atomic E-state index is 15.2. The minimum Gasteiger partial charge on any atom is -0.505 e. The first kappa shape index (κ1) is 32.7. The molecule has 0 spiro atoms. The number of hydrogen-bond donors (Lipinski definition) is 2. The Kier molecular flexibility index (Phi) is 8.63. The van der Waals surface area contributed by atoms with Crippen molar-refractivity contribution in [2.45, 2.75) is 58.4 Å². The van der Waals surface area contributed by atoms with Gasteiger partial charge in [-0.1, -0.05) is 11.6 Å². The Bertz CT molecular complexity index is 1940. The van der Waals surface area contributed by atoms with Crippen LogP contribution < -0.4 is 15.8 Å². The Labute approximate surface area is 270 Å². The summed E-state index contributed by atoms with van der Waals surface area (Å²) in [4.78, 5) is 39.6. The fourth-order valence-corrected chi connectivity index (χ4v) is 6.43. The number of amides is 1. The van der Waals surface area contributed by atoms with E-state index in [0.717, 1.165) is 0 Å². The zero-order chi connectivity index (χ0) is 33.8. The van der Waals surface area contributed by atoms with Crippen LogP contribution in [-0.4, -0.2) is 73.4 Å². The lowest BCUT2D eigenvalue weighted by atomic mass is 10.0. The number of halogens is 6. The van der Waals surface area contributed by atoms with Gasteiger partial charge in [0.2, 0.25) is 11.7 Å². The first-order chi connectivity index (χ1) is 22.2. The first-order valence-electron chi connectivity index (χ1n) is 15.0. The number of alkyl halides is 3. The number of phenols is 1. The summed E-state index contributed by atoms with van der Waals surface area (Å²) in [5, 5.41) is 12.8. The van der Waals surface area contributed by atoms with Gasteiger partial charge in [-0.2, -0.15) is 17.6 Å². The molecule has 2 aliphatic heterocycles. The van der Waals surface area contributed by atoms with Gasteiger partial charge in [-0.15, -0.1) is 0 Å². The summed E-state index contributed by atoms with van der Waals surface area (Å²) in [5.41, 5.74) is -0.254. The maximum Gasteiger partial charge on any atom is 0.390 e. The lowest BCUT2D eigenvalue weighted by Crippen LogP contribution is -2.52. The zero-order valence-corrected chi connectivity index (χ0v) is 26.2. The number of carbonyl (C=O) groups is 1. The monoisotopic (exact) mass is 679 g/mol. The van der Waals surface area contributed by atoms with Crippen LogP contribution in [0.3, 0.4) is 0 Å². The van der Waals surface area contributed by atoms with Crippen molar-refractivity contribution in [1.29, 1.82) is 0 Å². The third-order valence-corrected chi connectivity index (χ3v) is 8.95. The van der Waals surface area contributed by atoms with Crippen molar-refractivity contribution in [2.75, 3.05) is 36.4 Å². The molecule has 1 fully saturated rings. The minimum absolute atomic E-state index is 0.0134. The number of phenolic OH excluding ortho intramolecular Hbond substituents is 1. The van der Waals surface area contributed by atoms with Gasteiger partial charge in [0.25, 0.3) is 5.56 Å². The minimum atomic E-state index is -4.23. The lowest BCUT2D eigenvalue weighted by Gasteiger charge is -2.40. The van der Waals surface area contributed by atoms with Crippen LogP contribution in [0.15, 0.2) is 29.3 Å². The van der Waals surface area contributed by atoms with E-state index in [1.165, 1.54) is 34.5 Å². The molecule has 0 radical (unpaired) electrons. The van der Waals surface area contributed by atoms with Gasteiger partial charge in [0.15, 0.2) is 11.6 Å². The van der Waals surface area contributed by atoms with Crippen molar-refractivity contribution in [2.24, 2.45) is 0 Å². The molecule has 10 nitrogen and oxygen atoms in total. The van der Waals surface area contributed by atoms with Crippen LogP contribution in [0.2, 0.25) is 5.02 Å². The number of nitrogens with one attached hydrogen (secondary N) is 1.